The smallest absolute Gasteiger partial charge is 0.223 e. The van der Waals surface area contributed by atoms with Crippen LogP contribution in [0.5, 0.6) is 0 Å². The Hall–Kier alpha value is -1.58. The number of carbonyl (C=O) groups excluding carboxylic acids is 1. The van der Waals surface area contributed by atoms with E-state index in [-0.39, 0.29) is 41.7 Å². The zero-order valence-electron chi connectivity index (χ0n) is 19.1. The van der Waals surface area contributed by atoms with Crippen molar-refractivity contribution in [2.75, 3.05) is 6.26 Å². The van der Waals surface area contributed by atoms with Crippen molar-refractivity contribution in [3.05, 3.63) is 35.4 Å². The van der Waals surface area contributed by atoms with Crippen molar-refractivity contribution >= 4 is 15.9 Å². The van der Waals surface area contributed by atoms with Crippen molar-refractivity contribution in [2.45, 2.75) is 65.1 Å². The molecule has 1 amide bonds. The number of hydrogen-bond donors (Lipinski definition) is 3. The molecule has 2 fully saturated rings. The maximum atomic E-state index is 13.4. The molecule has 2 saturated carbocycles. The van der Waals surface area contributed by atoms with Crippen LogP contribution < -0.4 is 10.0 Å². The average molecular weight is 473 g/mol. The predicted octanol–water partition coefficient (Wildman–Crippen LogP) is 2.96. The largest absolute Gasteiger partial charge is 0.392 e. The first-order valence-corrected chi connectivity index (χ1v) is 13.1. The number of rotatable bonds is 6. The number of carbonyl (C=O) groups is 1. The van der Waals surface area contributed by atoms with E-state index in [1.807, 2.05) is 6.92 Å². The lowest BCUT2D eigenvalue weighted by Crippen LogP contribution is -2.58. The second-order valence-corrected chi connectivity index (χ2v) is 11.8. The molecule has 7 atom stereocenters. The normalized spacial score (nSPS) is 33.9. The Kier molecular flexibility index (Phi) is 7.32. The van der Waals surface area contributed by atoms with Gasteiger partial charge in [0.05, 0.1) is 12.4 Å². The lowest BCUT2D eigenvalue weighted by molar-refractivity contribution is -0.141. The summed E-state index contributed by atoms with van der Waals surface area (Å²) in [5.74, 6) is -2.67. The van der Waals surface area contributed by atoms with Gasteiger partial charge in [0.2, 0.25) is 15.9 Å². The van der Waals surface area contributed by atoms with Gasteiger partial charge in [0, 0.05) is 24.6 Å². The third kappa shape index (κ3) is 5.48. The second kappa shape index (κ2) is 9.35. The van der Waals surface area contributed by atoms with Gasteiger partial charge >= 0.3 is 0 Å². The number of sulfonamides is 1. The van der Waals surface area contributed by atoms with Crippen LogP contribution in [0.2, 0.25) is 0 Å². The minimum Gasteiger partial charge on any atom is -0.392 e. The van der Waals surface area contributed by atoms with Gasteiger partial charge in [0.25, 0.3) is 0 Å². The number of nitrogens with one attached hydrogen (secondary N) is 2. The van der Waals surface area contributed by atoms with E-state index in [9.17, 15) is 27.1 Å². The van der Waals surface area contributed by atoms with Crippen molar-refractivity contribution in [2.24, 2.45) is 29.1 Å². The molecule has 0 unspecified atom stereocenters. The summed E-state index contributed by atoms with van der Waals surface area (Å²) in [6.07, 6.45) is 3.46. The molecule has 0 radical (unpaired) electrons. The van der Waals surface area contributed by atoms with Gasteiger partial charge in [-0.3, -0.25) is 4.79 Å². The number of aliphatic hydroxyl groups is 1. The van der Waals surface area contributed by atoms with Crippen molar-refractivity contribution in [1.82, 2.24) is 10.0 Å². The Labute approximate surface area is 189 Å². The number of benzene rings is 1. The molecule has 1 aromatic carbocycles. The molecule has 3 rings (SSSR count). The first kappa shape index (κ1) is 25.1. The summed E-state index contributed by atoms with van der Waals surface area (Å²) in [7, 11) is -3.36. The minimum atomic E-state index is -3.36. The number of hydrogen-bond acceptors (Lipinski definition) is 4. The summed E-state index contributed by atoms with van der Waals surface area (Å²) >= 11 is 0. The van der Waals surface area contributed by atoms with E-state index in [2.05, 4.69) is 17.0 Å². The van der Waals surface area contributed by atoms with E-state index >= 15 is 0 Å². The van der Waals surface area contributed by atoms with Crippen molar-refractivity contribution < 1.29 is 27.1 Å². The number of amides is 1. The fourth-order valence-corrected chi connectivity index (χ4v) is 6.88. The minimum absolute atomic E-state index is 0.00142. The lowest BCUT2D eigenvalue weighted by atomic mass is 9.52. The third-order valence-corrected chi connectivity index (χ3v) is 8.43. The molecule has 0 aliphatic heterocycles. The van der Waals surface area contributed by atoms with Gasteiger partial charge in [-0.1, -0.05) is 20.8 Å². The maximum absolute atomic E-state index is 13.4. The van der Waals surface area contributed by atoms with Crippen LogP contribution >= 0.6 is 0 Å². The number of aliphatic hydroxyl groups excluding tert-OH is 1. The van der Waals surface area contributed by atoms with Gasteiger partial charge in [-0.2, -0.15) is 0 Å². The monoisotopic (exact) mass is 472 g/mol. The summed E-state index contributed by atoms with van der Waals surface area (Å²) in [6.45, 7) is 5.88. The Morgan fingerprint density at radius 2 is 1.81 bits per heavy atom. The third-order valence-electron chi connectivity index (χ3n) is 7.70. The maximum Gasteiger partial charge on any atom is 0.223 e. The van der Waals surface area contributed by atoms with Gasteiger partial charge in [-0.15, -0.1) is 0 Å². The molecule has 180 valence electrons. The Balaban J connectivity index is 1.69. The first-order valence-electron chi connectivity index (χ1n) is 11.2. The van der Waals surface area contributed by atoms with Crippen molar-refractivity contribution in [3.63, 3.8) is 0 Å². The molecule has 9 heteroatoms. The Morgan fingerprint density at radius 3 is 2.41 bits per heavy atom. The van der Waals surface area contributed by atoms with Gasteiger partial charge in [0.1, 0.15) is 11.6 Å². The van der Waals surface area contributed by atoms with Crippen molar-refractivity contribution in [1.29, 1.82) is 0 Å². The number of fused-ring (bicyclic) bond motifs is 1. The van der Waals surface area contributed by atoms with Crippen LogP contribution in [0.4, 0.5) is 8.78 Å². The lowest BCUT2D eigenvalue weighted by Gasteiger charge is -2.56. The van der Waals surface area contributed by atoms with Crippen molar-refractivity contribution in [3.8, 4) is 0 Å². The van der Waals surface area contributed by atoms with E-state index in [1.165, 1.54) is 12.1 Å². The average Bonchev–Trinajstić information content (AvgIpc) is 2.66. The molecule has 0 spiro atoms. The summed E-state index contributed by atoms with van der Waals surface area (Å²) in [5.41, 5.74) is 0.218. The van der Waals surface area contributed by atoms with Crippen LogP contribution in [0.25, 0.3) is 0 Å². The molecule has 32 heavy (non-hydrogen) atoms. The van der Waals surface area contributed by atoms with Crippen LogP contribution in [0.15, 0.2) is 18.2 Å². The van der Waals surface area contributed by atoms with Gasteiger partial charge < -0.3 is 10.4 Å². The fraction of sp³-hybridized carbons (Fsp3) is 0.696. The Morgan fingerprint density at radius 1 is 1.22 bits per heavy atom. The van der Waals surface area contributed by atoms with E-state index in [0.29, 0.717) is 12.0 Å². The topological polar surface area (TPSA) is 95.5 Å². The summed E-state index contributed by atoms with van der Waals surface area (Å²) in [5, 5.41) is 14.1. The standard InChI is InChI=1S/C23H34F2N2O4S/c1-13(22(29)26-12-15-9-16(24)11-17(25)10-15)18-5-7-23(3)8-6-19(27-32(4,30)31)14(2)20(23)21(18)28/h9-11,13-14,18-21,27-28H,5-8,12H2,1-4H3,(H,26,29)/t13-,14-,18-,19-,20+,21-,23+/m0/s1. The summed E-state index contributed by atoms with van der Waals surface area (Å²) in [6, 6.07) is 2.88. The van der Waals surface area contributed by atoms with Gasteiger partial charge in [0.15, 0.2) is 0 Å². The first-order chi connectivity index (χ1) is 14.8. The molecule has 6 nitrogen and oxygen atoms in total. The highest BCUT2D eigenvalue weighted by atomic mass is 32.2. The SMILES string of the molecule is C[C@@H]1[C@@H]2[C@@H](O)[C@H]([C@H](C)C(=O)NCc3cc(F)cc(F)c3)CC[C@]2(C)CC[C@@H]1NS(C)(=O)=O. The Bertz CT molecular complexity index is 937. The molecule has 0 bridgehead atoms. The molecule has 3 N–H and O–H groups in total. The quantitative estimate of drug-likeness (QED) is 0.593. The van der Waals surface area contributed by atoms with E-state index in [0.717, 1.165) is 31.6 Å². The highest BCUT2D eigenvalue weighted by Crippen LogP contribution is 2.55. The predicted molar refractivity (Wildman–Crippen MR) is 118 cm³/mol. The molecule has 1 aromatic rings. The molecule has 0 saturated heterocycles. The molecule has 0 heterocycles. The summed E-state index contributed by atoms with van der Waals surface area (Å²) in [4.78, 5) is 12.8. The van der Waals surface area contributed by atoms with Crippen LogP contribution in [0.1, 0.15) is 52.0 Å². The zero-order chi connectivity index (χ0) is 23.8. The molecular formula is C23H34F2N2O4S. The van der Waals surface area contributed by atoms with Gasteiger partial charge in [-0.25, -0.2) is 21.9 Å². The second-order valence-electron chi connectivity index (χ2n) is 10.1. The molecule has 0 aromatic heterocycles. The van der Waals surface area contributed by atoms with Crippen LogP contribution in [-0.2, 0) is 21.4 Å². The highest BCUT2D eigenvalue weighted by molar-refractivity contribution is 7.88. The van der Waals surface area contributed by atoms with E-state index < -0.39 is 33.7 Å². The van der Waals surface area contributed by atoms with E-state index in [1.54, 1.807) is 6.92 Å². The molecule has 2 aliphatic carbocycles. The van der Waals surface area contributed by atoms with Crippen LogP contribution in [0, 0.1) is 40.7 Å². The zero-order valence-corrected chi connectivity index (χ0v) is 19.9. The van der Waals surface area contributed by atoms with Gasteiger partial charge in [-0.05, 0) is 66.5 Å². The van der Waals surface area contributed by atoms with E-state index in [4.69, 9.17) is 0 Å². The van der Waals surface area contributed by atoms with Crippen LogP contribution in [-0.4, -0.2) is 37.8 Å². The fourth-order valence-electron chi connectivity index (χ4n) is 5.99. The highest BCUT2D eigenvalue weighted by Gasteiger charge is 2.53. The molecular weight excluding hydrogens is 438 g/mol. The summed E-state index contributed by atoms with van der Waals surface area (Å²) < 4.78 is 53.1. The molecule has 2 aliphatic rings. The number of halogens is 2. The van der Waals surface area contributed by atoms with Crippen LogP contribution in [0.3, 0.4) is 0 Å².